The number of aromatic nitrogens is 1. The van der Waals surface area contributed by atoms with Crippen molar-refractivity contribution in [2.45, 2.75) is 52.5 Å². The van der Waals surface area contributed by atoms with Crippen LogP contribution in [0.4, 0.5) is 4.39 Å². The Morgan fingerprint density at radius 2 is 1.92 bits per heavy atom. The maximum Gasteiger partial charge on any atom is 0.228 e. The normalized spacial score (nSPS) is 18.9. The summed E-state index contributed by atoms with van der Waals surface area (Å²) in [5, 5.41) is 4.23. The monoisotopic (exact) mass is 344 g/mol. The molecule has 1 saturated heterocycles. The van der Waals surface area contributed by atoms with Crippen LogP contribution in [0.1, 0.15) is 58.2 Å². The van der Waals surface area contributed by atoms with Gasteiger partial charge in [0.1, 0.15) is 11.5 Å². The highest BCUT2D eigenvalue weighted by molar-refractivity contribution is 5.82. The molecule has 1 fully saturated rings. The third-order valence-electron chi connectivity index (χ3n) is 4.65. The van der Waals surface area contributed by atoms with E-state index in [0.29, 0.717) is 5.76 Å². The van der Waals surface area contributed by atoms with Gasteiger partial charge in [-0.1, -0.05) is 38.8 Å². The highest BCUT2D eigenvalue weighted by Gasteiger charge is 2.34. The van der Waals surface area contributed by atoms with E-state index in [4.69, 9.17) is 4.52 Å². The van der Waals surface area contributed by atoms with Gasteiger partial charge in [-0.15, -0.1) is 0 Å². The van der Waals surface area contributed by atoms with Gasteiger partial charge < -0.3 is 9.42 Å². The van der Waals surface area contributed by atoms with Crippen LogP contribution >= 0.6 is 0 Å². The van der Waals surface area contributed by atoms with Crippen molar-refractivity contribution >= 4 is 5.91 Å². The molecule has 3 rings (SSSR count). The van der Waals surface area contributed by atoms with E-state index in [1.165, 1.54) is 12.1 Å². The van der Waals surface area contributed by atoms with Crippen molar-refractivity contribution in [1.82, 2.24) is 10.1 Å². The predicted octanol–water partition coefficient (Wildman–Crippen LogP) is 4.97. The molecule has 25 heavy (non-hydrogen) atoms. The van der Waals surface area contributed by atoms with Crippen molar-refractivity contribution < 1.29 is 13.7 Å². The van der Waals surface area contributed by atoms with Crippen LogP contribution in [0.2, 0.25) is 0 Å². The summed E-state index contributed by atoms with van der Waals surface area (Å²) in [6.07, 6.45) is 4.09. The molecule has 0 radical (unpaired) electrons. The second-order valence-electron chi connectivity index (χ2n) is 7.74. The molecular weight excluding hydrogens is 319 g/mol. The number of amides is 1. The molecule has 1 amide bonds. The minimum Gasteiger partial charge on any atom is -0.356 e. The topological polar surface area (TPSA) is 46.3 Å². The lowest BCUT2D eigenvalue weighted by Crippen LogP contribution is -2.41. The SMILES string of the molecule is CC(C)(C)C(=O)N1CCCCC[C@H]1c1cc(-c2ccc(F)cc2)on1. The number of halogens is 1. The molecule has 0 spiro atoms. The summed E-state index contributed by atoms with van der Waals surface area (Å²) in [6.45, 7) is 6.59. The summed E-state index contributed by atoms with van der Waals surface area (Å²) < 4.78 is 18.6. The maximum absolute atomic E-state index is 13.1. The summed E-state index contributed by atoms with van der Waals surface area (Å²) >= 11 is 0. The van der Waals surface area contributed by atoms with E-state index < -0.39 is 5.41 Å². The number of rotatable bonds is 2. The summed E-state index contributed by atoms with van der Waals surface area (Å²) in [6, 6.07) is 7.96. The Bertz CT molecular complexity index is 731. The number of hydrogen-bond donors (Lipinski definition) is 0. The molecule has 5 heteroatoms. The molecule has 1 aliphatic heterocycles. The Balaban J connectivity index is 1.89. The third kappa shape index (κ3) is 3.91. The van der Waals surface area contributed by atoms with E-state index in [1.807, 2.05) is 31.7 Å². The van der Waals surface area contributed by atoms with Gasteiger partial charge in [0.15, 0.2) is 5.76 Å². The zero-order chi connectivity index (χ0) is 18.0. The van der Waals surface area contributed by atoms with Gasteiger partial charge in [-0.05, 0) is 37.1 Å². The van der Waals surface area contributed by atoms with Gasteiger partial charge >= 0.3 is 0 Å². The molecule has 2 heterocycles. The second kappa shape index (κ2) is 6.98. The molecule has 0 aliphatic carbocycles. The fraction of sp³-hybridized carbons (Fsp3) is 0.500. The van der Waals surface area contributed by atoms with Crippen LogP contribution < -0.4 is 0 Å². The molecule has 1 aromatic carbocycles. The molecule has 1 atom stereocenters. The average molecular weight is 344 g/mol. The number of benzene rings is 1. The maximum atomic E-state index is 13.1. The summed E-state index contributed by atoms with van der Waals surface area (Å²) in [4.78, 5) is 14.9. The van der Waals surface area contributed by atoms with Gasteiger partial charge in [0.2, 0.25) is 5.91 Å². The first-order chi connectivity index (χ1) is 11.9. The van der Waals surface area contributed by atoms with Crippen LogP contribution in [0.25, 0.3) is 11.3 Å². The molecule has 1 aromatic heterocycles. The van der Waals surface area contributed by atoms with Gasteiger partial charge in [0.25, 0.3) is 0 Å². The summed E-state index contributed by atoms with van der Waals surface area (Å²) in [5.74, 6) is 0.461. The third-order valence-corrected chi connectivity index (χ3v) is 4.65. The van der Waals surface area contributed by atoms with Crippen molar-refractivity contribution in [3.63, 3.8) is 0 Å². The molecule has 0 saturated carbocycles. The summed E-state index contributed by atoms with van der Waals surface area (Å²) in [7, 11) is 0. The van der Waals surface area contributed by atoms with Crippen molar-refractivity contribution in [2.24, 2.45) is 5.41 Å². The van der Waals surface area contributed by atoms with Crippen LogP contribution in [0.15, 0.2) is 34.9 Å². The van der Waals surface area contributed by atoms with E-state index in [2.05, 4.69) is 5.16 Å². The highest BCUT2D eigenvalue weighted by Crippen LogP contribution is 2.34. The number of likely N-dealkylation sites (tertiary alicyclic amines) is 1. The lowest BCUT2D eigenvalue weighted by molar-refractivity contribution is -0.142. The van der Waals surface area contributed by atoms with E-state index in [9.17, 15) is 9.18 Å². The van der Waals surface area contributed by atoms with Crippen molar-refractivity contribution in [2.75, 3.05) is 6.54 Å². The average Bonchev–Trinajstić information content (AvgIpc) is 2.92. The number of hydrogen-bond acceptors (Lipinski definition) is 3. The minimum absolute atomic E-state index is 0.0628. The van der Waals surface area contributed by atoms with Crippen molar-refractivity contribution in [3.8, 4) is 11.3 Å². The predicted molar refractivity (Wildman–Crippen MR) is 94.3 cm³/mol. The Hall–Kier alpha value is -2.17. The molecule has 134 valence electrons. The lowest BCUT2D eigenvalue weighted by atomic mass is 9.93. The van der Waals surface area contributed by atoms with Crippen LogP contribution in [0.3, 0.4) is 0 Å². The molecular formula is C20H25FN2O2. The van der Waals surface area contributed by atoms with Crippen LogP contribution in [0.5, 0.6) is 0 Å². The van der Waals surface area contributed by atoms with Crippen molar-refractivity contribution in [1.29, 1.82) is 0 Å². The Kier molecular flexibility index (Phi) is 4.93. The van der Waals surface area contributed by atoms with Gasteiger partial charge in [-0.2, -0.15) is 0 Å². The Labute approximate surface area is 148 Å². The molecule has 4 nitrogen and oxygen atoms in total. The Morgan fingerprint density at radius 1 is 1.20 bits per heavy atom. The first-order valence-corrected chi connectivity index (χ1v) is 8.90. The van der Waals surface area contributed by atoms with Gasteiger partial charge in [-0.3, -0.25) is 4.79 Å². The van der Waals surface area contributed by atoms with E-state index >= 15 is 0 Å². The smallest absolute Gasteiger partial charge is 0.228 e. The molecule has 0 bridgehead atoms. The van der Waals surface area contributed by atoms with Crippen LogP contribution in [-0.4, -0.2) is 22.5 Å². The lowest BCUT2D eigenvalue weighted by Gasteiger charge is -2.33. The van der Waals surface area contributed by atoms with E-state index in [-0.39, 0.29) is 17.8 Å². The number of carbonyl (C=O) groups excluding carboxylic acids is 1. The van der Waals surface area contributed by atoms with Gasteiger partial charge in [-0.25, -0.2) is 4.39 Å². The fourth-order valence-corrected chi connectivity index (χ4v) is 3.29. The number of carbonyl (C=O) groups is 1. The highest BCUT2D eigenvalue weighted by atomic mass is 19.1. The molecule has 0 unspecified atom stereocenters. The van der Waals surface area contributed by atoms with Crippen LogP contribution in [0, 0.1) is 11.2 Å². The first-order valence-electron chi connectivity index (χ1n) is 8.90. The van der Waals surface area contributed by atoms with Gasteiger partial charge in [0, 0.05) is 23.6 Å². The zero-order valence-electron chi connectivity index (χ0n) is 15.1. The molecule has 1 aliphatic rings. The van der Waals surface area contributed by atoms with E-state index in [1.54, 1.807) is 12.1 Å². The minimum atomic E-state index is -0.424. The standard InChI is InChI=1S/C20H25FN2O2/c1-20(2,3)19(24)23-12-6-4-5-7-17(23)16-13-18(25-22-16)14-8-10-15(21)11-9-14/h8-11,13,17H,4-7,12H2,1-3H3/t17-/m0/s1. The zero-order valence-corrected chi connectivity index (χ0v) is 15.1. The molecule has 2 aromatic rings. The number of nitrogens with zero attached hydrogens (tertiary/aromatic N) is 2. The van der Waals surface area contributed by atoms with E-state index in [0.717, 1.165) is 43.5 Å². The first kappa shape index (κ1) is 17.6. The second-order valence-corrected chi connectivity index (χ2v) is 7.74. The fourth-order valence-electron chi connectivity index (χ4n) is 3.29. The van der Waals surface area contributed by atoms with Gasteiger partial charge in [0.05, 0.1) is 6.04 Å². The molecule has 0 N–H and O–H groups in total. The quantitative estimate of drug-likeness (QED) is 0.772. The summed E-state index contributed by atoms with van der Waals surface area (Å²) in [5.41, 5.74) is 1.13. The largest absolute Gasteiger partial charge is 0.356 e. The van der Waals surface area contributed by atoms with Crippen LogP contribution in [-0.2, 0) is 4.79 Å². The Morgan fingerprint density at radius 3 is 2.60 bits per heavy atom. The van der Waals surface area contributed by atoms with Crippen molar-refractivity contribution in [3.05, 3.63) is 41.8 Å².